The first-order chi connectivity index (χ1) is 14.8. The molecule has 3 aromatic rings. The molecule has 0 aliphatic carbocycles. The number of cyclic esters (lactones) is 1. The van der Waals surface area contributed by atoms with Crippen LogP contribution in [-0.4, -0.2) is 17.4 Å². The van der Waals surface area contributed by atoms with Crippen molar-refractivity contribution in [2.24, 2.45) is 0 Å². The van der Waals surface area contributed by atoms with Crippen molar-refractivity contribution in [1.29, 1.82) is 0 Å². The van der Waals surface area contributed by atoms with E-state index in [9.17, 15) is 9.59 Å². The van der Waals surface area contributed by atoms with Gasteiger partial charge in [-0.2, -0.15) is 0 Å². The van der Waals surface area contributed by atoms with Crippen molar-refractivity contribution in [1.82, 2.24) is 5.32 Å². The van der Waals surface area contributed by atoms with Gasteiger partial charge in [0.05, 0.1) is 5.56 Å². The lowest BCUT2D eigenvalue weighted by molar-refractivity contribution is -0.139. The molecule has 0 saturated carbocycles. The Morgan fingerprint density at radius 2 is 1.48 bits per heavy atom. The van der Waals surface area contributed by atoms with Crippen molar-refractivity contribution in [3.05, 3.63) is 101 Å². The van der Waals surface area contributed by atoms with Crippen LogP contribution in [0, 0.1) is 0 Å². The maximum absolute atomic E-state index is 13.4. The molecular weight excluding hydrogens is 388 g/mol. The van der Waals surface area contributed by atoms with Crippen LogP contribution >= 0.6 is 0 Å². The van der Waals surface area contributed by atoms with Crippen LogP contribution in [0.15, 0.2) is 78.9 Å². The zero-order valence-electron chi connectivity index (χ0n) is 17.9. The van der Waals surface area contributed by atoms with Crippen molar-refractivity contribution < 1.29 is 14.3 Å². The summed E-state index contributed by atoms with van der Waals surface area (Å²) in [6.07, 6.45) is 0.814. The number of amides is 1. The molecule has 0 aromatic heterocycles. The van der Waals surface area contributed by atoms with Crippen LogP contribution in [0.1, 0.15) is 47.8 Å². The molecular formula is C26H26N2O3. The fourth-order valence-electron chi connectivity index (χ4n) is 3.70. The van der Waals surface area contributed by atoms with E-state index in [1.165, 1.54) is 5.56 Å². The van der Waals surface area contributed by atoms with Gasteiger partial charge in [0.25, 0.3) is 11.6 Å². The van der Waals surface area contributed by atoms with E-state index in [0.29, 0.717) is 16.8 Å². The molecule has 5 nitrogen and oxygen atoms in total. The van der Waals surface area contributed by atoms with Gasteiger partial charge < -0.3 is 15.4 Å². The lowest BCUT2D eigenvalue weighted by Gasteiger charge is -2.33. The quantitative estimate of drug-likeness (QED) is 0.598. The Bertz CT molecular complexity index is 1100. The number of carbonyl (C=O) groups is 2. The Balaban J connectivity index is 1.65. The van der Waals surface area contributed by atoms with Gasteiger partial charge in [0.1, 0.15) is 0 Å². The maximum atomic E-state index is 13.4. The third kappa shape index (κ3) is 4.31. The Morgan fingerprint density at radius 1 is 0.871 bits per heavy atom. The van der Waals surface area contributed by atoms with E-state index in [4.69, 9.17) is 4.74 Å². The highest BCUT2D eigenvalue weighted by Crippen LogP contribution is 2.38. The SMILES string of the molecule is CC(C)(C)NC(=O)C1(Nc2ccc(Cc3ccccc3)cc2)OC(=O)c2ccccc21. The number of ether oxygens (including phenoxy) is 1. The van der Waals surface area contributed by atoms with E-state index in [2.05, 4.69) is 22.8 Å². The molecule has 31 heavy (non-hydrogen) atoms. The number of benzene rings is 3. The molecule has 1 atom stereocenters. The van der Waals surface area contributed by atoms with Gasteiger partial charge in [0.15, 0.2) is 0 Å². The zero-order chi connectivity index (χ0) is 22.1. The molecule has 0 fully saturated rings. The van der Waals surface area contributed by atoms with Gasteiger partial charge in [-0.05, 0) is 56.5 Å². The van der Waals surface area contributed by atoms with E-state index in [-0.39, 0.29) is 0 Å². The van der Waals surface area contributed by atoms with Crippen molar-refractivity contribution in [3.63, 3.8) is 0 Å². The van der Waals surface area contributed by atoms with Gasteiger partial charge >= 0.3 is 5.97 Å². The van der Waals surface area contributed by atoms with E-state index < -0.39 is 23.1 Å². The number of esters is 1. The summed E-state index contributed by atoms with van der Waals surface area (Å²) in [6, 6.07) is 25.0. The Morgan fingerprint density at radius 3 is 2.16 bits per heavy atom. The number of nitrogens with one attached hydrogen (secondary N) is 2. The predicted molar refractivity (Wildman–Crippen MR) is 121 cm³/mol. The summed E-state index contributed by atoms with van der Waals surface area (Å²) in [5.74, 6) is -0.931. The predicted octanol–water partition coefficient (Wildman–Crippen LogP) is 4.63. The molecule has 0 bridgehead atoms. The van der Waals surface area contributed by atoms with E-state index in [0.717, 1.165) is 12.0 Å². The molecule has 2 N–H and O–H groups in total. The fraction of sp³-hybridized carbons (Fsp3) is 0.231. The molecule has 0 spiro atoms. The van der Waals surface area contributed by atoms with Gasteiger partial charge in [-0.25, -0.2) is 4.79 Å². The zero-order valence-corrected chi connectivity index (χ0v) is 17.9. The highest BCUT2D eigenvalue weighted by Gasteiger charge is 2.52. The third-order valence-electron chi connectivity index (χ3n) is 5.11. The van der Waals surface area contributed by atoms with Crippen molar-refractivity contribution >= 4 is 17.6 Å². The van der Waals surface area contributed by atoms with Crippen LogP contribution in [0.3, 0.4) is 0 Å². The second-order valence-corrected chi connectivity index (χ2v) is 8.80. The summed E-state index contributed by atoms with van der Waals surface area (Å²) in [4.78, 5) is 25.9. The molecule has 0 radical (unpaired) electrons. The molecule has 1 aliphatic rings. The van der Waals surface area contributed by atoms with Gasteiger partial charge in [0.2, 0.25) is 0 Å². The monoisotopic (exact) mass is 414 g/mol. The van der Waals surface area contributed by atoms with Gasteiger partial charge in [-0.3, -0.25) is 4.79 Å². The van der Waals surface area contributed by atoms with Gasteiger partial charge in [-0.15, -0.1) is 0 Å². The van der Waals surface area contributed by atoms with Crippen LogP contribution in [0.5, 0.6) is 0 Å². The van der Waals surface area contributed by atoms with Crippen LogP contribution in [0.4, 0.5) is 5.69 Å². The lowest BCUT2D eigenvalue weighted by Crippen LogP contribution is -2.55. The van der Waals surface area contributed by atoms with Crippen molar-refractivity contribution in [2.75, 3.05) is 5.32 Å². The normalized spacial score (nSPS) is 17.6. The maximum Gasteiger partial charge on any atom is 0.341 e. The number of carbonyl (C=O) groups excluding carboxylic acids is 2. The van der Waals surface area contributed by atoms with Crippen molar-refractivity contribution in [3.8, 4) is 0 Å². The largest absolute Gasteiger partial charge is 0.421 e. The molecule has 5 heteroatoms. The van der Waals surface area contributed by atoms with E-state index in [1.54, 1.807) is 24.3 Å². The smallest absolute Gasteiger partial charge is 0.341 e. The summed E-state index contributed by atoms with van der Waals surface area (Å²) >= 11 is 0. The fourth-order valence-corrected chi connectivity index (χ4v) is 3.70. The number of fused-ring (bicyclic) bond motifs is 1. The summed E-state index contributed by atoms with van der Waals surface area (Å²) in [5.41, 5.74) is 1.84. The summed E-state index contributed by atoms with van der Waals surface area (Å²) in [7, 11) is 0. The molecule has 1 aliphatic heterocycles. The molecule has 158 valence electrons. The molecule has 3 aromatic carbocycles. The number of rotatable bonds is 5. The minimum absolute atomic E-state index is 0.389. The Kier molecular flexibility index (Phi) is 5.27. The van der Waals surface area contributed by atoms with Crippen LogP contribution < -0.4 is 10.6 Å². The number of anilines is 1. The third-order valence-corrected chi connectivity index (χ3v) is 5.11. The van der Waals surface area contributed by atoms with Gasteiger partial charge in [0, 0.05) is 16.8 Å². The average Bonchev–Trinajstić information content (AvgIpc) is 3.02. The standard InChI is InChI=1S/C26H26N2O3/c1-25(2,3)28-24(30)26(22-12-8-7-11-21(22)23(29)31-26)27-20-15-13-19(14-16-20)17-18-9-5-4-6-10-18/h4-16,27H,17H2,1-3H3,(H,28,30). The molecule has 4 rings (SSSR count). The first-order valence-electron chi connectivity index (χ1n) is 10.3. The molecule has 1 heterocycles. The topological polar surface area (TPSA) is 67.4 Å². The van der Waals surface area contributed by atoms with Crippen LogP contribution in [-0.2, 0) is 21.7 Å². The highest BCUT2D eigenvalue weighted by atomic mass is 16.6. The number of hydrogen-bond acceptors (Lipinski definition) is 4. The van der Waals surface area contributed by atoms with Crippen LogP contribution in [0.2, 0.25) is 0 Å². The molecule has 0 saturated heterocycles. The average molecular weight is 415 g/mol. The Labute approximate surface area is 182 Å². The molecule has 1 unspecified atom stereocenters. The minimum Gasteiger partial charge on any atom is -0.421 e. The summed E-state index contributed by atoms with van der Waals surface area (Å²) in [5, 5.41) is 6.15. The van der Waals surface area contributed by atoms with Gasteiger partial charge in [-0.1, -0.05) is 60.7 Å². The first kappa shape index (κ1) is 20.7. The highest BCUT2D eigenvalue weighted by molar-refractivity contribution is 6.03. The number of hydrogen-bond donors (Lipinski definition) is 2. The van der Waals surface area contributed by atoms with Crippen LogP contribution in [0.25, 0.3) is 0 Å². The molecule has 1 amide bonds. The van der Waals surface area contributed by atoms with Crippen molar-refractivity contribution in [2.45, 2.75) is 38.5 Å². The van der Waals surface area contributed by atoms with E-state index >= 15 is 0 Å². The lowest BCUT2D eigenvalue weighted by atomic mass is 9.96. The second-order valence-electron chi connectivity index (χ2n) is 8.80. The second kappa shape index (κ2) is 7.91. The Hall–Kier alpha value is -3.60. The minimum atomic E-state index is -1.62. The summed E-state index contributed by atoms with van der Waals surface area (Å²) < 4.78 is 5.69. The first-order valence-corrected chi connectivity index (χ1v) is 10.3. The van der Waals surface area contributed by atoms with E-state index in [1.807, 2.05) is 63.2 Å². The summed E-state index contributed by atoms with van der Waals surface area (Å²) in [6.45, 7) is 5.67.